The molecule has 18 heavy (non-hydrogen) atoms. The molecule has 0 aliphatic carbocycles. The molecule has 6 heteroatoms. The predicted molar refractivity (Wildman–Crippen MR) is 72.3 cm³/mol. The van der Waals surface area contributed by atoms with Crippen LogP contribution in [0, 0.1) is 0 Å². The van der Waals surface area contributed by atoms with Crippen LogP contribution in [0.1, 0.15) is 20.3 Å². The standard InChI is InChI=1S/C12H22N4O2/c1-4-6-16(7-8-17)12-10(18-3)11(13-5-2)14-9-15-12/h9,17H,4-8H2,1-3H3,(H,13,14,15). The maximum atomic E-state index is 9.12. The van der Waals surface area contributed by atoms with E-state index in [1.165, 1.54) is 6.33 Å². The van der Waals surface area contributed by atoms with E-state index in [1.807, 2.05) is 11.8 Å². The maximum absolute atomic E-state index is 9.12. The molecular formula is C12H22N4O2. The van der Waals surface area contributed by atoms with Crippen LogP contribution >= 0.6 is 0 Å². The summed E-state index contributed by atoms with van der Waals surface area (Å²) in [6.07, 6.45) is 2.49. The van der Waals surface area contributed by atoms with E-state index in [0.29, 0.717) is 18.1 Å². The number of hydrogen-bond donors (Lipinski definition) is 2. The van der Waals surface area contributed by atoms with Gasteiger partial charge in [0.25, 0.3) is 0 Å². The van der Waals surface area contributed by atoms with Gasteiger partial charge in [-0.05, 0) is 13.3 Å². The maximum Gasteiger partial charge on any atom is 0.204 e. The van der Waals surface area contributed by atoms with E-state index in [4.69, 9.17) is 9.84 Å². The van der Waals surface area contributed by atoms with Crippen molar-refractivity contribution in [3.8, 4) is 5.75 Å². The summed E-state index contributed by atoms with van der Waals surface area (Å²) in [5.41, 5.74) is 0. The Hall–Kier alpha value is -1.56. The van der Waals surface area contributed by atoms with Crippen molar-refractivity contribution < 1.29 is 9.84 Å². The Labute approximate surface area is 108 Å². The second-order valence-electron chi connectivity index (χ2n) is 3.82. The van der Waals surface area contributed by atoms with Crippen LogP contribution in [0.15, 0.2) is 6.33 Å². The van der Waals surface area contributed by atoms with Gasteiger partial charge in [0.05, 0.1) is 13.7 Å². The molecule has 1 heterocycles. The van der Waals surface area contributed by atoms with Gasteiger partial charge in [-0.25, -0.2) is 9.97 Å². The summed E-state index contributed by atoms with van der Waals surface area (Å²) < 4.78 is 5.39. The molecular weight excluding hydrogens is 232 g/mol. The third-order valence-corrected chi connectivity index (χ3v) is 2.50. The summed E-state index contributed by atoms with van der Waals surface area (Å²) in [5.74, 6) is 2.03. The number of rotatable bonds is 8. The zero-order chi connectivity index (χ0) is 13.4. The van der Waals surface area contributed by atoms with Crippen LogP contribution in [-0.4, -0.2) is 48.4 Å². The molecule has 0 saturated carbocycles. The van der Waals surface area contributed by atoms with Gasteiger partial charge < -0.3 is 20.1 Å². The van der Waals surface area contributed by atoms with Gasteiger partial charge in [-0.1, -0.05) is 6.92 Å². The normalized spacial score (nSPS) is 10.2. The predicted octanol–water partition coefficient (Wildman–Crippen LogP) is 1.13. The lowest BCUT2D eigenvalue weighted by Crippen LogP contribution is -2.29. The molecule has 0 aliphatic heterocycles. The van der Waals surface area contributed by atoms with Crippen LogP contribution in [0.5, 0.6) is 5.75 Å². The number of aliphatic hydroxyl groups is 1. The number of nitrogens with one attached hydrogen (secondary N) is 1. The molecule has 0 amide bonds. The smallest absolute Gasteiger partial charge is 0.204 e. The minimum Gasteiger partial charge on any atom is -0.490 e. The zero-order valence-corrected chi connectivity index (χ0v) is 11.3. The summed E-state index contributed by atoms with van der Waals surface area (Å²) in [6.45, 7) is 6.29. The van der Waals surface area contributed by atoms with Gasteiger partial charge in [-0.15, -0.1) is 0 Å². The summed E-state index contributed by atoms with van der Waals surface area (Å²) >= 11 is 0. The van der Waals surface area contributed by atoms with Gasteiger partial charge in [0.1, 0.15) is 6.33 Å². The zero-order valence-electron chi connectivity index (χ0n) is 11.3. The Balaban J connectivity index is 3.07. The number of aromatic nitrogens is 2. The molecule has 0 fully saturated rings. The van der Waals surface area contributed by atoms with Gasteiger partial charge in [0, 0.05) is 19.6 Å². The lowest BCUT2D eigenvalue weighted by Gasteiger charge is -2.24. The summed E-state index contributed by atoms with van der Waals surface area (Å²) in [5, 5.41) is 12.3. The van der Waals surface area contributed by atoms with Gasteiger partial charge in [0.2, 0.25) is 5.75 Å². The number of methoxy groups -OCH3 is 1. The monoisotopic (exact) mass is 254 g/mol. The van der Waals surface area contributed by atoms with Gasteiger partial charge in [0.15, 0.2) is 11.6 Å². The summed E-state index contributed by atoms with van der Waals surface area (Å²) in [7, 11) is 1.60. The van der Waals surface area contributed by atoms with E-state index in [0.717, 1.165) is 25.3 Å². The van der Waals surface area contributed by atoms with Gasteiger partial charge >= 0.3 is 0 Å². The minimum absolute atomic E-state index is 0.0870. The molecule has 0 unspecified atom stereocenters. The van der Waals surface area contributed by atoms with Crippen LogP contribution in [0.4, 0.5) is 11.6 Å². The highest BCUT2D eigenvalue weighted by Gasteiger charge is 2.16. The molecule has 0 saturated heterocycles. The highest BCUT2D eigenvalue weighted by Crippen LogP contribution is 2.31. The highest BCUT2D eigenvalue weighted by atomic mass is 16.5. The molecule has 1 aromatic rings. The van der Waals surface area contributed by atoms with Crippen LogP contribution in [-0.2, 0) is 0 Å². The molecule has 0 radical (unpaired) electrons. The SMILES string of the molecule is CCCN(CCO)c1ncnc(NCC)c1OC. The number of nitrogens with zero attached hydrogens (tertiary/aromatic N) is 3. The number of ether oxygens (including phenoxy) is 1. The van der Waals surface area contributed by atoms with E-state index in [-0.39, 0.29) is 6.61 Å². The highest BCUT2D eigenvalue weighted by molar-refractivity contribution is 5.64. The topological polar surface area (TPSA) is 70.5 Å². The molecule has 2 N–H and O–H groups in total. The summed E-state index contributed by atoms with van der Waals surface area (Å²) in [6, 6.07) is 0. The van der Waals surface area contributed by atoms with Crippen molar-refractivity contribution in [3.63, 3.8) is 0 Å². The number of hydrogen-bond acceptors (Lipinski definition) is 6. The third kappa shape index (κ3) is 3.46. The summed E-state index contributed by atoms with van der Waals surface area (Å²) in [4.78, 5) is 10.4. The van der Waals surface area contributed by atoms with Crippen molar-refractivity contribution in [1.29, 1.82) is 0 Å². The molecule has 1 aromatic heterocycles. The molecule has 6 nitrogen and oxygen atoms in total. The van der Waals surface area contributed by atoms with Gasteiger partial charge in [-0.2, -0.15) is 0 Å². The fourth-order valence-electron chi connectivity index (χ4n) is 1.79. The molecule has 0 atom stereocenters. The quantitative estimate of drug-likeness (QED) is 0.724. The van der Waals surface area contributed by atoms with E-state index >= 15 is 0 Å². The number of aliphatic hydroxyl groups excluding tert-OH is 1. The lowest BCUT2D eigenvalue weighted by atomic mass is 10.3. The Morgan fingerprint density at radius 1 is 1.33 bits per heavy atom. The lowest BCUT2D eigenvalue weighted by molar-refractivity contribution is 0.300. The largest absolute Gasteiger partial charge is 0.490 e. The van der Waals surface area contributed by atoms with Crippen LogP contribution in [0.3, 0.4) is 0 Å². The first-order valence-electron chi connectivity index (χ1n) is 6.27. The van der Waals surface area contributed by atoms with Gasteiger partial charge in [-0.3, -0.25) is 0 Å². The third-order valence-electron chi connectivity index (χ3n) is 2.50. The molecule has 0 aliphatic rings. The molecule has 0 spiro atoms. The fraction of sp³-hybridized carbons (Fsp3) is 0.667. The first-order valence-corrected chi connectivity index (χ1v) is 6.27. The average Bonchev–Trinajstić information content (AvgIpc) is 2.38. The number of anilines is 2. The van der Waals surface area contributed by atoms with E-state index < -0.39 is 0 Å². The molecule has 1 rings (SSSR count). The second kappa shape index (κ2) is 7.71. The van der Waals surface area contributed by atoms with Crippen LogP contribution in [0.2, 0.25) is 0 Å². The Morgan fingerprint density at radius 2 is 2.11 bits per heavy atom. The van der Waals surface area contributed by atoms with Crippen molar-refractivity contribution in [3.05, 3.63) is 6.33 Å². The first-order chi connectivity index (χ1) is 8.78. The van der Waals surface area contributed by atoms with E-state index in [1.54, 1.807) is 7.11 Å². The Kier molecular flexibility index (Phi) is 6.21. The first kappa shape index (κ1) is 14.5. The van der Waals surface area contributed by atoms with Crippen molar-refractivity contribution in [2.24, 2.45) is 0 Å². The van der Waals surface area contributed by atoms with E-state index in [9.17, 15) is 0 Å². The fourth-order valence-corrected chi connectivity index (χ4v) is 1.79. The van der Waals surface area contributed by atoms with Crippen LogP contribution < -0.4 is 15.0 Å². The Morgan fingerprint density at radius 3 is 2.67 bits per heavy atom. The molecule has 0 aromatic carbocycles. The Bertz CT molecular complexity index is 354. The average molecular weight is 254 g/mol. The van der Waals surface area contributed by atoms with Crippen molar-refractivity contribution >= 4 is 11.6 Å². The molecule has 0 bridgehead atoms. The second-order valence-corrected chi connectivity index (χ2v) is 3.82. The minimum atomic E-state index is 0.0870. The van der Waals surface area contributed by atoms with Crippen LogP contribution in [0.25, 0.3) is 0 Å². The molecule has 102 valence electrons. The van der Waals surface area contributed by atoms with E-state index in [2.05, 4.69) is 22.2 Å². The van der Waals surface area contributed by atoms with Crippen molar-refractivity contribution in [2.45, 2.75) is 20.3 Å². The van der Waals surface area contributed by atoms with Crippen molar-refractivity contribution in [1.82, 2.24) is 9.97 Å². The van der Waals surface area contributed by atoms with Crippen molar-refractivity contribution in [2.75, 3.05) is 43.6 Å².